The van der Waals surface area contributed by atoms with Gasteiger partial charge in [0, 0.05) is 24.0 Å². The minimum atomic E-state index is -0.263. The molecule has 0 saturated carbocycles. The first-order valence-corrected chi connectivity index (χ1v) is 7.75. The molecule has 0 bridgehead atoms. The number of nitrogens with zero attached hydrogens (tertiary/aromatic N) is 2. The molecule has 128 valence electrons. The van der Waals surface area contributed by atoms with Gasteiger partial charge in [-0.3, -0.25) is 9.59 Å². The molecule has 0 fully saturated rings. The molecule has 3 aromatic rings. The van der Waals surface area contributed by atoms with Crippen LogP contribution in [-0.4, -0.2) is 27.8 Å². The second kappa shape index (κ2) is 7.04. The van der Waals surface area contributed by atoms with Gasteiger partial charge in [-0.1, -0.05) is 0 Å². The van der Waals surface area contributed by atoms with Crippen molar-refractivity contribution in [2.24, 2.45) is 0 Å². The predicted octanol–water partition coefficient (Wildman–Crippen LogP) is 2.06. The highest BCUT2D eigenvalue weighted by Gasteiger charge is 2.13. The van der Waals surface area contributed by atoms with Gasteiger partial charge in [-0.2, -0.15) is 5.10 Å². The first-order chi connectivity index (χ1) is 12.1. The summed E-state index contributed by atoms with van der Waals surface area (Å²) in [6, 6.07) is 10.1. The molecule has 2 aromatic heterocycles. The maximum Gasteiger partial charge on any atom is 0.253 e. The highest BCUT2D eigenvalue weighted by molar-refractivity contribution is 5.94. The molecule has 0 spiro atoms. The highest BCUT2D eigenvalue weighted by atomic mass is 16.5. The SMILES string of the molecule is COc1ccc(-n2cc(C(C)NC(=O)c3ccc(=O)[nH]c3)cn2)cc1. The molecule has 0 aliphatic carbocycles. The fourth-order valence-corrected chi connectivity index (χ4v) is 2.35. The maximum atomic E-state index is 12.2. The van der Waals surface area contributed by atoms with E-state index in [9.17, 15) is 9.59 Å². The fraction of sp³-hybridized carbons (Fsp3) is 0.167. The van der Waals surface area contributed by atoms with Gasteiger partial charge in [0.15, 0.2) is 0 Å². The molecule has 1 unspecified atom stereocenters. The van der Waals surface area contributed by atoms with Crippen molar-refractivity contribution in [1.82, 2.24) is 20.1 Å². The molecule has 0 radical (unpaired) electrons. The Hall–Kier alpha value is -3.35. The Morgan fingerprint density at radius 2 is 2.00 bits per heavy atom. The summed E-state index contributed by atoms with van der Waals surface area (Å²) >= 11 is 0. The van der Waals surface area contributed by atoms with Crippen LogP contribution in [0.4, 0.5) is 0 Å². The Kier molecular flexibility index (Phi) is 4.65. The van der Waals surface area contributed by atoms with Crippen molar-refractivity contribution in [3.63, 3.8) is 0 Å². The van der Waals surface area contributed by atoms with Crippen LogP contribution in [-0.2, 0) is 0 Å². The highest BCUT2D eigenvalue weighted by Crippen LogP contribution is 2.17. The van der Waals surface area contributed by atoms with Gasteiger partial charge in [-0.05, 0) is 37.3 Å². The number of hydrogen-bond acceptors (Lipinski definition) is 4. The van der Waals surface area contributed by atoms with Crippen molar-refractivity contribution in [3.8, 4) is 11.4 Å². The molecule has 2 N–H and O–H groups in total. The minimum Gasteiger partial charge on any atom is -0.497 e. The summed E-state index contributed by atoms with van der Waals surface area (Å²) in [5.74, 6) is 0.513. The van der Waals surface area contributed by atoms with Gasteiger partial charge in [0.2, 0.25) is 5.56 Å². The molecule has 1 atom stereocenters. The lowest BCUT2D eigenvalue weighted by Gasteiger charge is -2.12. The van der Waals surface area contributed by atoms with E-state index in [4.69, 9.17) is 4.74 Å². The van der Waals surface area contributed by atoms with Crippen molar-refractivity contribution in [2.45, 2.75) is 13.0 Å². The summed E-state index contributed by atoms with van der Waals surface area (Å²) in [5, 5.41) is 7.21. The molecule has 1 amide bonds. The Bertz CT molecular complexity index is 907. The number of amides is 1. The van der Waals surface area contributed by atoms with E-state index in [1.165, 1.54) is 18.3 Å². The van der Waals surface area contributed by atoms with E-state index in [1.807, 2.05) is 37.4 Å². The number of H-pyrrole nitrogens is 1. The smallest absolute Gasteiger partial charge is 0.253 e. The van der Waals surface area contributed by atoms with Crippen LogP contribution in [0.1, 0.15) is 28.9 Å². The number of methoxy groups -OCH3 is 1. The van der Waals surface area contributed by atoms with Crippen molar-refractivity contribution in [2.75, 3.05) is 7.11 Å². The normalized spacial score (nSPS) is 11.8. The number of ether oxygens (including phenoxy) is 1. The van der Waals surface area contributed by atoms with E-state index in [-0.39, 0.29) is 17.5 Å². The van der Waals surface area contributed by atoms with Gasteiger partial charge in [0.1, 0.15) is 5.75 Å². The van der Waals surface area contributed by atoms with Crippen molar-refractivity contribution in [3.05, 3.63) is 76.5 Å². The number of carbonyl (C=O) groups excluding carboxylic acids is 1. The zero-order chi connectivity index (χ0) is 17.8. The number of nitrogens with one attached hydrogen (secondary N) is 2. The second-order valence-corrected chi connectivity index (χ2v) is 5.55. The summed E-state index contributed by atoms with van der Waals surface area (Å²) < 4.78 is 6.88. The van der Waals surface area contributed by atoms with Gasteiger partial charge >= 0.3 is 0 Å². The number of rotatable bonds is 5. The molecular formula is C18H18N4O3. The number of benzene rings is 1. The summed E-state index contributed by atoms with van der Waals surface area (Å²) in [5.41, 5.74) is 1.92. The van der Waals surface area contributed by atoms with E-state index in [0.29, 0.717) is 5.56 Å². The molecule has 0 aliphatic rings. The van der Waals surface area contributed by atoms with E-state index < -0.39 is 0 Å². The topological polar surface area (TPSA) is 89.0 Å². The number of hydrogen-bond donors (Lipinski definition) is 2. The van der Waals surface area contributed by atoms with Crippen molar-refractivity contribution >= 4 is 5.91 Å². The van der Waals surface area contributed by atoms with Crippen molar-refractivity contribution < 1.29 is 9.53 Å². The first-order valence-electron chi connectivity index (χ1n) is 7.75. The lowest BCUT2D eigenvalue weighted by Crippen LogP contribution is -2.27. The van der Waals surface area contributed by atoms with E-state index >= 15 is 0 Å². The van der Waals surface area contributed by atoms with Crippen LogP contribution in [0.3, 0.4) is 0 Å². The van der Waals surface area contributed by atoms with Gasteiger partial charge in [0.05, 0.1) is 30.6 Å². The van der Waals surface area contributed by atoms with Gasteiger partial charge in [0.25, 0.3) is 5.91 Å². The third-order valence-electron chi connectivity index (χ3n) is 3.83. The average molecular weight is 338 g/mol. The predicted molar refractivity (Wildman–Crippen MR) is 93.1 cm³/mol. The summed E-state index contributed by atoms with van der Waals surface area (Å²) in [7, 11) is 1.62. The van der Waals surface area contributed by atoms with E-state index in [0.717, 1.165) is 17.0 Å². The summed E-state index contributed by atoms with van der Waals surface area (Å²) in [6.07, 6.45) is 4.97. The Balaban J connectivity index is 1.71. The zero-order valence-electron chi connectivity index (χ0n) is 13.9. The Labute approximate surface area is 144 Å². The molecule has 0 aliphatic heterocycles. The van der Waals surface area contributed by atoms with Crippen LogP contribution in [0.2, 0.25) is 0 Å². The van der Waals surface area contributed by atoms with E-state index in [1.54, 1.807) is 18.0 Å². The third kappa shape index (κ3) is 3.77. The van der Waals surface area contributed by atoms with Crippen molar-refractivity contribution in [1.29, 1.82) is 0 Å². The maximum absolute atomic E-state index is 12.2. The monoisotopic (exact) mass is 338 g/mol. The minimum absolute atomic E-state index is 0.230. The lowest BCUT2D eigenvalue weighted by atomic mass is 10.1. The van der Waals surface area contributed by atoms with Crippen LogP contribution in [0.15, 0.2) is 59.8 Å². The Morgan fingerprint density at radius 1 is 1.24 bits per heavy atom. The standard InChI is InChI=1S/C18H18N4O3/c1-12(21-18(24)13-3-8-17(23)19-9-13)14-10-20-22(11-14)15-4-6-16(25-2)7-5-15/h3-12H,1-2H3,(H,19,23)(H,21,24). The van der Waals surface area contributed by atoms with Gasteiger partial charge in [-0.25, -0.2) is 4.68 Å². The van der Waals surface area contributed by atoms with Gasteiger partial charge in [-0.15, -0.1) is 0 Å². The molecule has 2 heterocycles. The largest absolute Gasteiger partial charge is 0.497 e. The second-order valence-electron chi connectivity index (χ2n) is 5.55. The number of carbonyl (C=O) groups is 1. The molecule has 25 heavy (non-hydrogen) atoms. The molecule has 7 heteroatoms. The Morgan fingerprint density at radius 3 is 2.64 bits per heavy atom. The van der Waals surface area contributed by atoms with Crippen LogP contribution < -0.4 is 15.6 Å². The van der Waals surface area contributed by atoms with Gasteiger partial charge < -0.3 is 15.0 Å². The average Bonchev–Trinajstić information content (AvgIpc) is 3.12. The number of aromatic nitrogens is 3. The van der Waals surface area contributed by atoms with Crippen LogP contribution in [0.5, 0.6) is 5.75 Å². The molecule has 7 nitrogen and oxygen atoms in total. The summed E-state index contributed by atoms with van der Waals surface area (Å²) in [4.78, 5) is 25.8. The molecular weight excluding hydrogens is 320 g/mol. The van der Waals surface area contributed by atoms with Crippen LogP contribution in [0, 0.1) is 0 Å². The third-order valence-corrected chi connectivity index (χ3v) is 3.83. The lowest BCUT2D eigenvalue weighted by molar-refractivity contribution is 0.0939. The molecule has 0 saturated heterocycles. The first kappa shape index (κ1) is 16.5. The fourth-order valence-electron chi connectivity index (χ4n) is 2.35. The molecule has 3 rings (SSSR count). The zero-order valence-corrected chi connectivity index (χ0v) is 13.9. The molecule has 1 aromatic carbocycles. The van der Waals surface area contributed by atoms with Crippen LogP contribution in [0.25, 0.3) is 5.69 Å². The number of pyridine rings is 1. The van der Waals surface area contributed by atoms with Crippen LogP contribution >= 0.6 is 0 Å². The number of aromatic amines is 1. The quantitative estimate of drug-likeness (QED) is 0.745. The van der Waals surface area contributed by atoms with E-state index in [2.05, 4.69) is 15.4 Å². The summed E-state index contributed by atoms with van der Waals surface area (Å²) in [6.45, 7) is 1.87.